The van der Waals surface area contributed by atoms with E-state index in [2.05, 4.69) is 0 Å². The molecular weight excluding hydrogens is 323 g/mol. The SMILES string of the molecule is O.O.O.O.O.[Cl-].[Cl-].[Cl-].[Cl-].[Ru+4]. The van der Waals surface area contributed by atoms with Crippen LogP contribution in [0.15, 0.2) is 0 Å². The summed E-state index contributed by atoms with van der Waals surface area (Å²) in [5.74, 6) is 0. The van der Waals surface area contributed by atoms with Gasteiger partial charge in [-0.15, -0.1) is 0 Å². The molecule has 10 heteroatoms. The molecule has 0 amide bonds. The van der Waals surface area contributed by atoms with E-state index in [9.17, 15) is 0 Å². The first-order valence-corrected chi connectivity index (χ1v) is 0. The zero-order chi connectivity index (χ0) is 0. The van der Waals surface area contributed by atoms with E-state index in [0.717, 1.165) is 0 Å². The van der Waals surface area contributed by atoms with Crippen LogP contribution in [0.2, 0.25) is 0 Å². The molecule has 0 saturated carbocycles. The van der Waals surface area contributed by atoms with Crippen LogP contribution in [0.3, 0.4) is 0 Å². The van der Waals surface area contributed by atoms with Gasteiger partial charge in [-0.05, 0) is 0 Å². The van der Waals surface area contributed by atoms with Crippen molar-refractivity contribution in [3.05, 3.63) is 0 Å². The smallest absolute Gasteiger partial charge is 1.00 e. The first kappa shape index (κ1) is 518. The summed E-state index contributed by atoms with van der Waals surface area (Å²) in [5.41, 5.74) is 0. The number of hydrogen-bond acceptors (Lipinski definition) is 0. The molecule has 0 rings (SSSR count). The molecular formula is H10Cl4O5Ru. The first-order valence-electron chi connectivity index (χ1n) is 0. The monoisotopic (exact) mass is 332 g/mol. The Hall–Kier alpha value is 1.58. The number of halogens is 4. The van der Waals surface area contributed by atoms with E-state index in [1.54, 1.807) is 0 Å². The second-order valence-electron chi connectivity index (χ2n) is 0. The van der Waals surface area contributed by atoms with E-state index in [-0.39, 0.29) is 96.5 Å². The molecule has 0 aliphatic rings. The van der Waals surface area contributed by atoms with Gasteiger partial charge in [0, 0.05) is 0 Å². The van der Waals surface area contributed by atoms with Crippen LogP contribution in [-0.4, -0.2) is 27.4 Å². The molecule has 0 saturated heterocycles. The maximum absolute atomic E-state index is 0. The molecule has 0 bridgehead atoms. The van der Waals surface area contributed by atoms with E-state index >= 15 is 0 Å². The molecule has 0 aliphatic carbocycles. The van der Waals surface area contributed by atoms with Crippen molar-refractivity contribution in [1.29, 1.82) is 0 Å². The van der Waals surface area contributed by atoms with Crippen molar-refractivity contribution in [1.82, 2.24) is 0 Å². The Bertz CT molecular complexity index is 13.6. The topological polar surface area (TPSA) is 158 Å². The molecule has 0 atom stereocenters. The predicted molar refractivity (Wildman–Crippen MR) is 18.1 cm³/mol. The summed E-state index contributed by atoms with van der Waals surface area (Å²) in [5, 5.41) is 0. The molecule has 0 spiro atoms. The molecule has 0 fully saturated rings. The van der Waals surface area contributed by atoms with Gasteiger partial charge in [0.25, 0.3) is 0 Å². The van der Waals surface area contributed by atoms with Crippen LogP contribution in [0.4, 0.5) is 0 Å². The Morgan fingerprint density at radius 1 is 0.300 bits per heavy atom. The van der Waals surface area contributed by atoms with E-state index < -0.39 is 0 Å². The van der Waals surface area contributed by atoms with Crippen LogP contribution < -0.4 is 49.6 Å². The average molecular weight is 333 g/mol. The van der Waals surface area contributed by atoms with E-state index in [0.29, 0.717) is 0 Å². The van der Waals surface area contributed by atoms with Gasteiger partial charge in [-0.1, -0.05) is 0 Å². The van der Waals surface area contributed by atoms with Crippen LogP contribution >= 0.6 is 0 Å². The Balaban J connectivity index is 0. The zero-order valence-corrected chi connectivity index (χ0v) is 9.13. The minimum absolute atomic E-state index is 0. The number of hydrogen-bond donors (Lipinski definition) is 0. The minimum atomic E-state index is 0. The van der Waals surface area contributed by atoms with Gasteiger partial charge in [0.15, 0.2) is 0 Å². The van der Waals surface area contributed by atoms with Gasteiger partial charge in [0.2, 0.25) is 0 Å². The van der Waals surface area contributed by atoms with Crippen molar-refractivity contribution >= 4 is 0 Å². The van der Waals surface area contributed by atoms with Crippen LogP contribution in [0, 0.1) is 0 Å². The van der Waals surface area contributed by atoms with Gasteiger partial charge in [0.1, 0.15) is 0 Å². The van der Waals surface area contributed by atoms with Crippen molar-refractivity contribution in [2.45, 2.75) is 0 Å². The Kier molecular flexibility index (Phi) is 20100. The van der Waals surface area contributed by atoms with Gasteiger partial charge in [-0.25, -0.2) is 0 Å². The van der Waals surface area contributed by atoms with Gasteiger partial charge < -0.3 is 77.0 Å². The second-order valence-corrected chi connectivity index (χ2v) is 0. The molecule has 5 nitrogen and oxygen atoms in total. The van der Waals surface area contributed by atoms with Crippen molar-refractivity contribution in [2.24, 2.45) is 0 Å². The summed E-state index contributed by atoms with van der Waals surface area (Å²) in [4.78, 5) is 0. The van der Waals surface area contributed by atoms with Crippen molar-refractivity contribution in [2.75, 3.05) is 0 Å². The largest absolute Gasteiger partial charge is 4.00 e. The fourth-order valence-electron chi connectivity index (χ4n) is 0. The van der Waals surface area contributed by atoms with Crippen LogP contribution in [-0.2, 0) is 19.5 Å². The molecule has 0 aromatic rings. The Morgan fingerprint density at radius 3 is 0.300 bits per heavy atom. The fourth-order valence-corrected chi connectivity index (χ4v) is 0. The van der Waals surface area contributed by atoms with Crippen molar-refractivity contribution in [3.8, 4) is 0 Å². The molecule has 0 heterocycles. The minimum Gasteiger partial charge on any atom is -1.00 e. The van der Waals surface area contributed by atoms with Crippen molar-refractivity contribution in [3.63, 3.8) is 0 Å². The fraction of sp³-hybridized carbons (Fsp3) is 0. The summed E-state index contributed by atoms with van der Waals surface area (Å²) in [6.45, 7) is 0. The molecule has 10 N–H and O–H groups in total. The zero-order valence-electron chi connectivity index (χ0n) is 4.37. The third-order valence-electron chi connectivity index (χ3n) is 0. The first-order chi connectivity index (χ1) is 0. The van der Waals surface area contributed by atoms with Crippen molar-refractivity contribution < 1.29 is 96.5 Å². The van der Waals surface area contributed by atoms with Crippen LogP contribution in [0.1, 0.15) is 0 Å². The molecule has 76 valence electrons. The van der Waals surface area contributed by atoms with Gasteiger partial charge in [-0.2, -0.15) is 0 Å². The Morgan fingerprint density at radius 2 is 0.300 bits per heavy atom. The van der Waals surface area contributed by atoms with Crippen LogP contribution in [0.5, 0.6) is 0 Å². The summed E-state index contributed by atoms with van der Waals surface area (Å²) in [6, 6.07) is 0. The van der Waals surface area contributed by atoms with Gasteiger partial charge in [0.05, 0.1) is 0 Å². The second kappa shape index (κ2) is 388. The quantitative estimate of drug-likeness (QED) is 0.386. The van der Waals surface area contributed by atoms with E-state index in [1.807, 2.05) is 0 Å². The molecule has 0 aliphatic heterocycles. The molecule has 0 aromatic carbocycles. The third kappa shape index (κ3) is 282. The van der Waals surface area contributed by atoms with E-state index in [4.69, 9.17) is 0 Å². The maximum Gasteiger partial charge on any atom is 4.00 e. The number of rotatable bonds is 0. The Labute approximate surface area is 96.3 Å². The standard InChI is InChI=1S/4ClH.5H2O.Ru/h4*1H;5*1H2;/q;;;;;;;;;+4/p-4. The molecule has 0 unspecified atom stereocenters. The maximum atomic E-state index is 0. The molecule has 0 radical (unpaired) electrons. The van der Waals surface area contributed by atoms with Gasteiger partial charge >= 0.3 is 19.5 Å². The normalized spacial score (nSPS) is 0. The summed E-state index contributed by atoms with van der Waals surface area (Å²) < 4.78 is 0. The molecule has 0 aromatic heterocycles. The summed E-state index contributed by atoms with van der Waals surface area (Å²) in [6.07, 6.45) is 0. The third-order valence-corrected chi connectivity index (χ3v) is 0. The van der Waals surface area contributed by atoms with Gasteiger partial charge in [-0.3, -0.25) is 0 Å². The summed E-state index contributed by atoms with van der Waals surface area (Å²) >= 11 is 0. The molecule has 10 heavy (non-hydrogen) atoms. The summed E-state index contributed by atoms with van der Waals surface area (Å²) in [7, 11) is 0. The predicted octanol–water partition coefficient (Wildman–Crippen LogP) is -16.1. The average Bonchev–Trinajstić information content (AvgIpc) is 0. The van der Waals surface area contributed by atoms with E-state index in [1.165, 1.54) is 0 Å². The van der Waals surface area contributed by atoms with Crippen LogP contribution in [0.25, 0.3) is 0 Å².